The second kappa shape index (κ2) is 7.04. The summed E-state index contributed by atoms with van der Waals surface area (Å²) in [5, 5.41) is 11.9. The van der Waals surface area contributed by atoms with Crippen molar-refractivity contribution in [2.75, 3.05) is 19.8 Å². The van der Waals surface area contributed by atoms with Gasteiger partial charge in [-0.2, -0.15) is 0 Å². The lowest BCUT2D eigenvalue weighted by molar-refractivity contribution is -0.147. The fraction of sp³-hybridized carbons (Fsp3) is 0.857. The summed E-state index contributed by atoms with van der Waals surface area (Å²) in [5.74, 6) is -1.18. The number of hydrogen-bond donors (Lipinski definition) is 2. The minimum Gasteiger partial charge on any atom is -0.480 e. The third-order valence-corrected chi connectivity index (χ3v) is 4.05. The first-order chi connectivity index (χ1) is 9.62. The van der Waals surface area contributed by atoms with Gasteiger partial charge in [-0.15, -0.1) is 0 Å². The number of carbonyl (C=O) groups excluding carboxylic acids is 1. The second-order valence-corrected chi connectivity index (χ2v) is 5.60. The average molecular weight is 285 g/mol. The number of carbonyl (C=O) groups is 2. The minimum absolute atomic E-state index is 0.151. The molecule has 1 aliphatic carbocycles. The van der Waals surface area contributed by atoms with Gasteiger partial charge in [-0.25, -0.2) is 4.79 Å². The van der Waals surface area contributed by atoms with Crippen LogP contribution < -0.4 is 5.32 Å². The van der Waals surface area contributed by atoms with Gasteiger partial charge in [-0.1, -0.05) is 12.8 Å². The smallest absolute Gasteiger partial charge is 0.329 e. The van der Waals surface area contributed by atoms with Crippen LogP contribution in [0.25, 0.3) is 0 Å². The molecule has 114 valence electrons. The molecule has 2 N–H and O–H groups in total. The fourth-order valence-corrected chi connectivity index (χ4v) is 2.86. The Morgan fingerprint density at radius 3 is 2.65 bits per heavy atom. The number of rotatable bonds is 7. The van der Waals surface area contributed by atoms with Crippen molar-refractivity contribution in [3.63, 3.8) is 0 Å². The lowest BCUT2D eigenvalue weighted by Crippen LogP contribution is -2.52. The highest BCUT2D eigenvalue weighted by atomic mass is 16.5. The van der Waals surface area contributed by atoms with Crippen LogP contribution in [-0.4, -0.2) is 48.4 Å². The van der Waals surface area contributed by atoms with Crippen molar-refractivity contribution < 1.29 is 24.2 Å². The Labute approximate surface area is 118 Å². The molecule has 0 aromatic rings. The Hall–Kier alpha value is -1.14. The molecule has 2 rings (SSSR count). The largest absolute Gasteiger partial charge is 0.480 e. The summed E-state index contributed by atoms with van der Waals surface area (Å²) in [6, 6.07) is 0. The van der Waals surface area contributed by atoms with Crippen LogP contribution in [0.4, 0.5) is 0 Å². The molecule has 0 bridgehead atoms. The van der Waals surface area contributed by atoms with Gasteiger partial charge in [0.2, 0.25) is 5.91 Å². The van der Waals surface area contributed by atoms with Crippen molar-refractivity contribution >= 4 is 11.9 Å². The highest BCUT2D eigenvalue weighted by Gasteiger charge is 2.42. The molecule has 6 heteroatoms. The summed E-state index contributed by atoms with van der Waals surface area (Å²) < 4.78 is 10.8. The number of carboxylic acid groups (broad SMARTS) is 1. The SMILES string of the molecule is O=C(CCOCC1CCCO1)NC1(C(=O)O)CCCC1. The average Bonchev–Trinajstić information content (AvgIpc) is 3.06. The van der Waals surface area contributed by atoms with E-state index in [4.69, 9.17) is 9.47 Å². The third kappa shape index (κ3) is 3.93. The van der Waals surface area contributed by atoms with Crippen LogP contribution in [0.2, 0.25) is 0 Å². The molecule has 1 aliphatic heterocycles. The van der Waals surface area contributed by atoms with E-state index in [2.05, 4.69) is 5.32 Å². The van der Waals surface area contributed by atoms with Gasteiger partial charge in [-0.3, -0.25) is 4.79 Å². The summed E-state index contributed by atoms with van der Waals surface area (Å²) in [5.41, 5.74) is -1.05. The number of amides is 1. The lowest BCUT2D eigenvalue weighted by atomic mass is 9.97. The number of hydrogen-bond acceptors (Lipinski definition) is 4. The van der Waals surface area contributed by atoms with E-state index in [1.54, 1.807) is 0 Å². The molecule has 1 unspecified atom stereocenters. The van der Waals surface area contributed by atoms with Crippen LogP contribution in [0.1, 0.15) is 44.9 Å². The van der Waals surface area contributed by atoms with Crippen LogP contribution in [0.5, 0.6) is 0 Å². The number of ether oxygens (including phenoxy) is 2. The molecular weight excluding hydrogens is 262 g/mol. The van der Waals surface area contributed by atoms with E-state index in [0.29, 0.717) is 26.1 Å². The topological polar surface area (TPSA) is 84.9 Å². The molecule has 6 nitrogen and oxygen atoms in total. The lowest BCUT2D eigenvalue weighted by Gasteiger charge is -2.25. The van der Waals surface area contributed by atoms with Gasteiger partial charge in [-0.05, 0) is 25.7 Å². The zero-order valence-corrected chi connectivity index (χ0v) is 11.7. The maximum absolute atomic E-state index is 11.8. The van der Waals surface area contributed by atoms with Crippen molar-refractivity contribution in [1.82, 2.24) is 5.32 Å². The van der Waals surface area contributed by atoms with Crippen molar-refractivity contribution in [1.29, 1.82) is 0 Å². The van der Waals surface area contributed by atoms with E-state index in [9.17, 15) is 14.7 Å². The third-order valence-electron chi connectivity index (χ3n) is 4.05. The van der Waals surface area contributed by atoms with E-state index >= 15 is 0 Å². The fourth-order valence-electron chi connectivity index (χ4n) is 2.86. The van der Waals surface area contributed by atoms with Crippen LogP contribution >= 0.6 is 0 Å². The van der Waals surface area contributed by atoms with Crippen molar-refractivity contribution in [2.24, 2.45) is 0 Å². The standard InChI is InChI=1S/C14H23NO5/c16-12(5-9-19-10-11-4-3-8-20-11)15-14(13(17)18)6-1-2-7-14/h11H,1-10H2,(H,15,16)(H,17,18). The molecule has 1 heterocycles. The van der Waals surface area contributed by atoms with E-state index in [0.717, 1.165) is 32.3 Å². The molecular formula is C14H23NO5. The zero-order valence-electron chi connectivity index (χ0n) is 11.7. The van der Waals surface area contributed by atoms with Gasteiger partial charge in [0, 0.05) is 13.0 Å². The minimum atomic E-state index is -1.05. The van der Waals surface area contributed by atoms with Gasteiger partial charge >= 0.3 is 5.97 Å². The first kappa shape index (κ1) is 15.3. The molecule has 1 amide bonds. The number of carboxylic acids is 1. The molecule has 20 heavy (non-hydrogen) atoms. The summed E-state index contributed by atoms with van der Waals surface area (Å²) in [6.45, 7) is 1.61. The van der Waals surface area contributed by atoms with Gasteiger partial charge in [0.1, 0.15) is 5.54 Å². The summed E-state index contributed by atoms with van der Waals surface area (Å²) in [7, 11) is 0. The number of aliphatic carboxylic acids is 1. The van der Waals surface area contributed by atoms with Crippen molar-refractivity contribution in [3.05, 3.63) is 0 Å². The van der Waals surface area contributed by atoms with Gasteiger partial charge in [0.25, 0.3) is 0 Å². The number of nitrogens with one attached hydrogen (secondary N) is 1. The molecule has 1 atom stereocenters. The summed E-state index contributed by atoms with van der Waals surface area (Å²) in [4.78, 5) is 23.1. The van der Waals surface area contributed by atoms with Gasteiger partial charge < -0.3 is 19.9 Å². The highest BCUT2D eigenvalue weighted by Crippen LogP contribution is 2.29. The molecule has 2 aliphatic rings. The molecule has 0 radical (unpaired) electrons. The Kier molecular flexibility index (Phi) is 5.37. The predicted octanol–water partition coefficient (Wildman–Crippen LogP) is 1.09. The molecule has 1 saturated heterocycles. The van der Waals surface area contributed by atoms with E-state index in [1.807, 2.05) is 0 Å². The predicted molar refractivity (Wildman–Crippen MR) is 71.4 cm³/mol. The first-order valence-corrected chi connectivity index (χ1v) is 7.36. The van der Waals surface area contributed by atoms with Gasteiger partial charge in [0.05, 0.1) is 19.3 Å². The zero-order chi connectivity index (χ0) is 14.4. The van der Waals surface area contributed by atoms with Gasteiger partial charge in [0.15, 0.2) is 0 Å². The van der Waals surface area contributed by atoms with Crippen molar-refractivity contribution in [2.45, 2.75) is 56.6 Å². The Bertz CT molecular complexity index is 345. The van der Waals surface area contributed by atoms with Crippen LogP contribution in [-0.2, 0) is 19.1 Å². The van der Waals surface area contributed by atoms with Crippen LogP contribution in [0, 0.1) is 0 Å². The monoisotopic (exact) mass is 285 g/mol. The Morgan fingerprint density at radius 2 is 2.05 bits per heavy atom. The Morgan fingerprint density at radius 1 is 1.30 bits per heavy atom. The summed E-state index contributed by atoms with van der Waals surface area (Å²) in [6.07, 6.45) is 5.16. The highest BCUT2D eigenvalue weighted by molar-refractivity contribution is 5.87. The quantitative estimate of drug-likeness (QED) is 0.684. The van der Waals surface area contributed by atoms with E-state index < -0.39 is 11.5 Å². The molecule has 1 saturated carbocycles. The second-order valence-electron chi connectivity index (χ2n) is 5.60. The molecule has 0 aromatic heterocycles. The molecule has 2 fully saturated rings. The first-order valence-electron chi connectivity index (χ1n) is 7.36. The van der Waals surface area contributed by atoms with E-state index in [-0.39, 0.29) is 18.4 Å². The van der Waals surface area contributed by atoms with Crippen molar-refractivity contribution in [3.8, 4) is 0 Å². The maximum atomic E-state index is 11.8. The summed E-state index contributed by atoms with van der Waals surface area (Å²) >= 11 is 0. The molecule has 0 spiro atoms. The van der Waals surface area contributed by atoms with Crippen LogP contribution in [0.3, 0.4) is 0 Å². The normalized spacial score (nSPS) is 24.7. The maximum Gasteiger partial charge on any atom is 0.329 e. The Balaban J connectivity index is 1.65. The van der Waals surface area contributed by atoms with Crippen LogP contribution in [0.15, 0.2) is 0 Å². The molecule has 0 aromatic carbocycles. The van der Waals surface area contributed by atoms with E-state index in [1.165, 1.54) is 0 Å².